The van der Waals surface area contributed by atoms with E-state index in [2.05, 4.69) is 0 Å². The smallest absolute Gasteiger partial charge is 0.204 e. The van der Waals surface area contributed by atoms with Gasteiger partial charge in [0.2, 0.25) is 5.75 Å². The van der Waals surface area contributed by atoms with Crippen LogP contribution in [-0.4, -0.2) is 25.6 Å². The van der Waals surface area contributed by atoms with E-state index in [1.54, 1.807) is 33.3 Å². The number of methoxy groups -OCH3 is 2. The molecule has 4 heteroatoms. The van der Waals surface area contributed by atoms with Crippen LogP contribution in [0, 0.1) is 0 Å². The van der Waals surface area contributed by atoms with E-state index in [9.17, 15) is 4.79 Å². The Balaban J connectivity index is 3.05. The molecule has 0 saturated heterocycles. The van der Waals surface area contributed by atoms with Crippen LogP contribution in [0.5, 0.6) is 17.2 Å². The molecule has 0 saturated carbocycles. The molecule has 0 bridgehead atoms. The van der Waals surface area contributed by atoms with Gasteiger partial charge in [-0.1, -0.05) is 6.07 Å². The molecule has 0 aliphatic heterocycles. The van der Waals surface area contributed by atoms with Crippen LogP contribution >= 0.6 is 0 Å². The molecular formula is C14H20O4. The molecule has 1 rings (SSSR count). The minimum atomic E-state index is -0.603. The average molecular weight is 252 g/mol. The fraction of sp³-hybridized carbons (Fsp3) is 0.500. The molecule has 0 amide bonds. The fourth-order valence-corrected chi connectivity index (χ4v) is 1.83. The number of carbonyl (C=O) groups excluding carboxylic acids is 1. The van der Waals surface area contributed by atoms with Gasteiger partial charge >= 0.3 is 0 Å². The van der Waals surface area contributed by atoms with Crippen LogP contribution in [0.1, 0.15) is 27.2 Å². The lowest BCUT2D eigenvalue weighted by Gasteiger charge is -2.27. The number of benzene rings is 1. The summed E-state index contributed by atoms with van der Waals surface area (Å²) in [6, 6.07) is 5.41. The highest BCUT2D eigenvalue weighted by Crippen LogP contribution is 2.39. The van der Waals surface area contributed by atoms with Crippen LogP contribution in [0.4, 0.5) is 0 Å². The Labute approximate surface area is 108 Å². The van der Waals surface area contributed by atoms with E-state index in [1.807, 2.05) is 19.9 Å². The maximum absolute atomic E-state index is 11.2. The molecule has 0 fully saturated rings. The lowest BCUT2D eigenvalue weighted by molar-refractivity contribution is -0.120. The molecule has 0 aliphatic carbocycles. The van der Waals surface area contributed by atoms with Crippen molar-refractivity contribution in [2.75, 3.05) is 14.2 Å². The van der Waals surface area contributed by atoms with Crippen molar-refractivity contribution >= 4 is 5.78 Å². The predicted molar refractivity (Wildman–Crippen MR) is 69.6 cm³/mol. The van der Waals surface area contributed by atoms with E-state index in [-0.39, 0.29) is 5.78 Å². The normalized spacial score (nSPS) is 10.9. The molecule has 100 valence electrons. The molecule has 0 aliphatic rings. The van der Waals surface area contributed by atoms with Crippen molar-refractivity contribution in [1.29, 1.82) is 0 Å². The first kappa shape index (κ1) is 14.4. The standard InChI is InChI=1S/C14H20O4/c1-10(15)9-14(2,3)18-13-11(16-4)7-6-8-12(13)17-5/h6-8H,9H2,1-5H3. The van der Waals surface area contributed by atoms with Crippen LogP contribution in [-0.2, 0) is 4.79 Å². The zero-order valence-corrected chi connectivity index (χ0v) is 11.6. The van der Waals surface area contributed by atoms with E-state index in [0.29, 0.717) is 23.7 Å². The average Bonchev–Trinajstić information content (AvgIpc) is 2.27. The third kappa shape index (κ3) is 3.65. The Morgan fingerprint density at radius 2 is 1.67 bits per heavy atom. The highest BCUT2D eigenvalue weighted by atomic mass is 16.5. The second-order valence-corrected chi connectivity index (χ2v) is 4.73. The van der Waals surface area contributed by atoms with Crippen LogP contribution in [0.15, 0.2) is 18.2 Å². The Kier molecular flexibility index (Phi) is 4.59. The van der Waals surface area contributed by atoms with Gasteiger partial charge in [-0.05, 0) is 32.9 Å². The van der Waals surface area contributed by atoms with Crippen molar-refractivity contribution in [2.45, 2.75) is 32.8 Å². The number of rotatable bonds is 6. The van der Waals surface area contributed by atoms with Crippen molar-refractivity contribution in [3.63, 3.8) is 0 Å². The summed E-state index contributed by atoms with van der Waals surface area (Å²) in [4.78, 5) is 11.2. The van der Waals surface area contributed by atoms with Gasteiger partial charge in [0.1, 0.15) is 11.4 Å². The van der Waals surface area contributed by atoms with Crippen LogP contribution < -0.4 is 14.2 Å². The van der Waals surface area contributed by atoms with E-state index >= 15 is 0 Å². The second-order valence-electron chi connectivity index (χ2n) is 4.73. The first-order chi connectivity index (χ1) is 8.39. The molecular weight excluding hydrogens is 232 g/mol. The Morgan fingerprint density at radius 1 is 1.17 bits per heavy atom. The summed E-state index contributed by atoms with van der Waals surface area (Å²) >= 11 is 0. The Morgan fingerprint density at radius 3 is 2.06 bits per heavy atom. The Hall–Kier alpha value is -1.71. The third-order valence-electron chi connectivity index (χ3n) is 2.44. The summed E-state index contributed by atoms with van der Waals surface area (Å²) in [5.74, 6) is 1.78. The molecule has 0 aromatic heterocycles. The van der Waals surface area contributed by atoms with Gasteiger partial charge in [0, 0.05) is 6.42 Å². The summed E-state index contributed by atoms with van der Waals surface area (Å²) in [5, 5.41) is 0. The van der Waals surface area contributed by atoms with Crippen LogP contribution in [0.25, 0.3) is 0 Å². The molecule has 18 heavy (non-hydrogen) atoms. The molecule has 4 nitrogen and oxygen atoms in total. The molecule has 0 heterocycles. The Bertz CT molecular complexity index is 402. The van der Waals surface area contributed by atoms with E-state index in [4.69, 9.17) is 14.2 Å². The quantitative estimate of drug-likeness (QED) is 0.781. The number of ketones is 1. The number of para-hydroxylation sites is 1. The SMILES string of the molecule is COc1cccc(OC)c1OC(C)(C)CC(C)=O. The predicted octanol–water partition coefficient (Wildman–Crippen LogP) is 2.84. The van der Waals surface area contributed by atoms with Crippen molar-refractivity contribution in [2.24, 2.45) is 0 Å². The monoisotopic (exact) mass is 252 g/mol. The molecule has 0 radical (unpaired) electrons. The van der Waals surface area contributed by atoms with Gasteiger partial charge < -0.3 is 14.2 Å². The summed E-state index contributed by atoms with van der Waals surface area (Å²) in [6.45, 7) is 5.27. The second kappa shape index (κ2) is 5.76. The summed E-state index contributed by atoms with van der Waals surface area (Å²) < 4.78 is 16.4. The highest BCUT2D eigenvalue weighted by molar-refractivity contribution is 5.76. The summed E-state index contributed by atoms with van der Waals surface area (Å²) in [6.07, 6.45) is 0.328. The summed E-state index contributed by atoms with van der Waals surface area (Å²) in [5.41, 5.74) is -0.603. The molecule has 1 aromatic rings. The molecule has 0 N–H and O–H groups in total. The van der Waals surface area contributed by atoms with Crippen LogP contribution in [0.2, 0.25) is 0 Å². The van der Waals surface area contributed by atoms with Gasteiger partial charge in [0.25, 0.3) is 0 Å². The third-order valence-corrected chi connectivity index (χ3v) is 2.44. The van der Waals surface area contributed by atoms with E-state index < -0.39 is 5.60 Å². The molecule has 0 atom stereocenters. The minimum Gasteiger partial charge on any atom is -0.493 e. The van der Waals surface area contributed by atoms with Crippen molar-refractivity contribution < 1.29 is 19.0 Å². The molecule has 1 aromatic carbocycles. The first-order valence-corrected chi connectivity index (χ1v) is 5.79. The molecule has 0 spiro atoms. The number of ether oxygens (including phenoxy) is 3. The van der Waals surface area contributed by atoms with Crippen molar-refractivity contribution in [1.82, 2.24) is 0 Å². The summed E-state index contributed by atoms with van der Waals surface area (Å²) in [7, 11) is 3.14. The number of hydrogen-bond donors (Lipinski definition) is 0. The van der Waals surface area contributed by atoms with Crippen LogP contribution in [0.3, 0.4) is 0 Å². The van der Waals surface area contributed by atoms with E-state index in [0.717, 1.165) is 0 Å². The van der Waals surface area contributed by atoms with Gasteiger partial charge in [0.15, 0.2) is 11.5 Å². The minimum absolute atomic E-state index is 0.0777. The number of Topliss-reactive ketones (excluding diaryl/α,β-unsaturated/α-hetero) is 1. The maximum Gasteiger partial charge on any atom is 0.204 e. The lowest BCUT2D eigenvalue weighted by Crippen LogP contribution is -2.31. The van der Waals surface area contributed by atoms with Gasteiger partial charge in [0.05, 0.1) is 14.2 Å². The topological polar surface area (TPSA) is 44.8 Å². The zero-order valence-electron chi connectivity index (χ0n) is 11.6. The first-order valence-electron chi connectivity index (χ1n) is 5.79. The van der Waals surface area contributed by atoms with Gasteiger partial charge in [-0.25, -0.2) is 0 Å². The highest BCUT2D eigenvalue weighted by Gasteiger charge is 2.25. The van der Waals surface area contributed by atoms with Crippen molar-refractivity contribution in [3.05, 3.63) is 18.2 Å². The zero-order chi connectivity index (χ0) is 13.8. The fourth-order valence-electron chi connectivity index (χ4n) is 1.83. The van der Waals surface area contributed by atoms with Gasteiger partial charge in [-0.2, -0.15) is 0 Å². The number of hydrogen-bond acceptors (Lipinski definition) is 4. The van der Waals surface area contributed by atoms with Gasteiger partial charge in [-0.3, -0.25) is 4.79 Å². The largest absolute Gasteiger partial charge is 0.493 e. The number of carbonyl (C=O) groups is 1. The lowest BCUT2D eigenvalue weighted by atomic mass is 10.0. The van der Waals surface area contributed by atoms with E-state index in [1.165, 1.54) is 0 Å². The van der Waals surface area contributed by atoms with Crippen molar-refractivity contribution in [3.8, 4) is 17.2 Å². The molecule has 0 unspecified atom stereocenters. The van der Waals surface area contributed by atoms with Gasteiger partial charge in [-0.15, -0.1) is 0 Å². The maximum atomic E-state index is 11.2.